The number of benzene rings is 1. The molecule has 0 saturated carbocycles. The highest BCUT2D eigenvalue weighted by Gasteiger charge is 2.01. The van der Waals surface area contributed by atoms with Gasteiger partial charge >= 0.3 is 0 Å². The van der Waals surface area contributed by atoms with Crippen molar-refractivity contribution in [1.82, 2.24) is 5.32 Å². The number of rotatable bonds is 7. The van der Waals surface area contributed by atoms with Crippen LogP contribution in [0.4, 0.5) is 0 Å². The summed E-state index contributed by atoms with van der Waals surface area (Å²) < 4.78 is 0. The molecule has 0 saturated heterocycles. The molecule has 1 aromatic rings. The van der Waals surface area contributed by atoms with Crippen molar-refractivity contribution in [3.63, 3.8) is 0 Å². The van der Waals surface area contributed by atoms with E-state index in [-0.39, 0.29) is 0 Å². The molecule has 0 heterocycles. The summed E-state index contributed by atoms with van der Waals surface area (Å²) in [7, 11) is 0. The maximum absolute atomic E-state index is 5.93. The van der Waals surface area contributed by atoms with E-state index in [2.05, 4.69) is 25.2 Å². The standard InChI is InChI=1S/C13H20ClNS/c1-3-8-15-11(2)7-9-16-13-6-4-5-12(14)10-13/h4-6,10-11,15H,3,7-9H2,1-2H3. The smallest absolute Gasteiger partial charge is 0.0417 e. The van der Waals surface area contributed by atoms with Gasteiger partial charge in [-0.05, 0) is 50.3 Å². The van der Waals surface area contributed by atoms with Gasteiger partial charge in [0.2, 0.25) is 0 Å². The molecule has 1 aromatic carbocycles. The molecule has 0 amide bonds. The third-order valence-electron chi connectivity index (χ3n) is 2.36. The van der Waals surface area contributed by atoms with Gasteiger partial charge in [-0.25, -0.2) is 0 Å². The Morgan fingerprint density at radius 3 is 2.94 bits per heavy atom. The third kappa shape index (κ3) is 5.78. The van der Waals surface area contributed by atoms with E-state index in [0.29, 0.717) is 6.04 Å². The molecule has 3 heteroatoms. The van der Waals surface area contributed by atoms with Gasteiger partial charge in [-0.2, -0.15) is 0 Å². The topological polar surface area (TPSA) is 12.0 Å². The molecule has 1 atom stereocenters. The summed E-state index contributed by atoms with van der Waals surface area (Å²) in [6, 6.07) is 8.66. The van der Waals surface area contributed by atoms with Gasteiger partial charge in [0, 0.05) is 16.0 Å². The zero-order valence-electron chi connectivity index (χ0n) is 10.0. The van der Waals surface area contributed by atoms with E-state index in [0.717, 1.165) is 17.3 Å². The van der Waals surface area contributed by atoms with Gasteiger partial charge in [0.1, 0.15) is 0 Å². The van der Waals surface area contributed by atoms with Crippen LogP contribution in [0.2, 0.25) is 5.02 Å². The van der Waals surface area contributed by atoms with Crippen molar-refractivity contribution < 1.29 is 0 Å². The Kier molecular flexibility index (Phi) is 6.93. The van der Waals surface area contributed by atoms with Crippen LogP contribution in [0.5, 0.6) is 0 Å². The van der Waals surface area contributed by atoms with Crippen molar-refractivity contribution in [3.8, 4) is 0 Å². The van der Waals surface area contributed by atoms with Crippen molar-refractivity contribution >= 4 is 23.4 Å². The highest BCUT2D eigenvalue weighted by atomic mass is 35.5. The predicted octanol–water partition coefficient (Wildman–Crippen LogP) is 4.21. The van der Waals surface area contributed by atoms with Gasteiger partial charge in [0.15, 0.2) is 0 Å². The average Bonchev–Trinajstić information content (AvgIpc) is 2.26. The number of halogens is 1. The molecule has 16 heavy (non-hydrogen) atoms. The van der Waals surface area contributed by atoms with Gasteiger partial charge in [0.25, 0.3) is 0 Å². The van der Waals surface area contributed by atoms with Crippen molar-refractivity contribution in [1.29, 1.82) is 0 Å². The highest BCUT2D eigenvalue weighted by molar-refractivity contribution is 7.99. The first-order chi connectivity index (χ1) is 7.72. The van der Waals surface area contributed by atoms with Crippen molar-refractivity contribution in [2.24, 2.45) is 0 Å². The Morgan fingerprint density at radius 1 is 1.44 bits per heavy atom. The summed E-state index contributed by atoms with van der Waals surface area (Å²) in [5.74, 6) is 1.14. The summed E-state index contributed by atoms with van der Waals surface area (Å²) in [6.45, 7) is 5.55. The number of thioether (sulfide) groups is 1. The second-order valence-corrected chi connectivity index (χ2v) is 5.55. The quantitative estimate of drug-likeness (QED) is 0.735. The lowest BCUT2D eigenvalue weighted by molar-refractivity contribution is 0.536. The fourth-order valence-corrected chi connectivity index (χ4v) is 2.75. The highest BCUT2D eigenvalue weighted by Crippen LogP contribution is 2.22. The van der Waals surface area contributed by atoms with Crippen LogP contribution >= 0.6 is 23.4 Å². The lowest BCUT2D eigenvalue weighted by Crippen LogP contribution is -2.27. The van der Waals surface area contributed by atoms with Crippen LogP contribution in [-0.2, 0) is 0 Å². The molecule has 0 radical (unpaired) electrons. The Balaban J connectivity index is 2.20. The van der Waals surface area contributed by atoms with Crippen LogP contribution in [0, 0.1) is 0 Å². The number of hydrogen-bond donors (Lipinski definition) is 1. The summed E-state index contributed by atoms with van der Waals surface area (Å²) >= 11 is 7.80. The normalized spacial score (nSPS) is 12.7. The number of nitrogens with one attached hydrogen (secondary N) is 1. The predicted molar refractivity (Wildman–Crippen MR) is 74.5 cm³/mol. The molecule has 0 fully saturated rings. The minimum Gasteiger partial charge on any atom is -0.314 e. The van der Waals surface area contributed by atoms with Gasteiger partial charge in [0.05, 0.1) is 0 Å². The minimum absolute atomic E-state index is 0.603. The van der Waals surface area contributed by atoms with Crippen molar-refractivity contribution in [3.05, 3.63) is 29.3 Å². The van der Waals surface area contributed by atoms with E-state index in [1.165, 1.54) is 17.7 Å². The van der Waals surface area contributed by atoms with Crippen LogP contribution in [0.15, 0.2) is 29.2 Å². The molecule has 0 aliphatic rings. The van der Waals surface area contributed by atoms with Gasteiger partial charge in [-0.1, -0.05) is 24.6 Å². The van der Waals surface area contributed by atoms with E-state index in [1.807, 2.05) is 30.0 Å². The van der Waals surface area contributed by atoms with Crippen LogP contribution in [0.3, 0.4) is 0 Å². The maximum atomic E-state index is 5.93. The first-order valence-electron chi connectivity index (χ1n) is 5.84. The van der Waals surface area contributed by atoms with Crippen molar-refractivity contribution in [2.75, 3.05) is 12.3 Å². The zero-order chi connectivity index (χ0) is 11.8. The van der Waals surface area contributed by atoms with E-state index in [4.69, 9.17) is 11.6 Å². The number of hydrogen-bond acceptors (Lipinski definition) is 2. The first kappa shape index (κ1) is 13.9. The molecular weight excluding hydrogens is 238 g/mol. The van der Waals surface area contributed by atoms with Gasteiger partial charge in [-0.3, -0.25) is 0 Å². The molecule has 0 spiro atoms. The Hall–Kier alpha value is -0.180. The van der Waals surface area contributed by atoms with E-state index in [9.17, 15) is 0 Å². The fourth-order valence-electron chi connectivity index (χ4n) is 1.40. The summed E-state index contributed by atoms with van der Waals surface area (Å²) in [5, 5.41) is 4.31. The molecular formula is C13H20ClNS. The maximum Gasteiger partial charge on any atom is 0.0417 e. The second kappa shape index (κ2) is 7.99. The average molecular weight is 258 g/mol. The van der Waals surface area contributed by atoms with Crippen LogP contribution < -0.4 is 5.32 Å². The molecule has 0 aliphatic heterocycles. The van der Waals surface area contributed by atoms with Crippen molar-refractivity contribution in [2.45, 2.75) is 37.6 Å². The van der Waals surface area contributed by atoms with Crippen LogP contribution in [-0.4, -0.2) is 18.3 Å². The second-order valence-electron chi connectivity index (χ2n) is 3.95. The third-order valence-corrected chi connectivity index (χ3v) is 3.62. The molecule has 1 N–H and O–H groups in total. The fraction of sp³-hybridized carbons (Fsp3) is 0.538. The monoisotopic (exact) mass is 257 g/mol. The molecule has 0 aliphatic carbocycles. The Bertz CT molecular complexity index is 304. The van der Waals surface area contributed by atoms with Gasteiger partial charge < -0.3 is 5.32 Å². The summed E-state index contributed by atoms with van der Waals surface area (Å²) in [5.41, 5.74) is 0. The zero-order valence-corrected chi connectivity index (χ0v) is 11.6. The van der Waals surface area contributed by atoms with Gasteiger partial charge in [-0.15, -0.1) is 11.8 Å². The summed E-state index contributed by atoms with van der Waals surface area (Å²) in [4.78, 5) is 1.26. The molecule has 90 valence electrons. The van der Waals surface area contributed by atoms with E-state index in [1.54, 1.807) is 0 Å². The molecule has 1 nitrogen and oxygen atoms in total. The summed E-state index contributed by atoms with van der Waals surface area (Å²) in [6.07, 6.45) is 2.39. The largest absolute Gasteiger partial charge is 0.314 e. The Morgan fingerprint density at radius 2 is 2.25 bits per heavy atom. The van der Waals surface area contributed by atoms with Crippen LogP contribution in [0.1, 0.15) is 26.7 Å². The molecule has 0 bridgehead atoms. The lowest BCUT2D eigenvalue weighted by Gasteiger charge is -2.12. The van der Waals surface area contributed by atoms with E-state index >= 15 is 0 Å². The van der Waals surface area contributed by atoms with Crippen LogP contribution in [0.25, 0.3) is 0 Å². The molecule has 1 rings (SSSR count). The SMILES string of the molecule is CCCNC(C)CCSc1cccc(Cl)c1. The molecule has 1 unspecified atom stereocenters. The molecule has 0 aromatic heterocycles. The lowest BCUT2D eigenvalue weighted by atomic mass is 10.2. The minimum atomic E-state index is 0.603. The Labute approximate surface area is 108 Å². The van der Waals surface area contributed by atoms with E-state index < -0.39 is 0 Å². The first-order valence-corrected chi connectivity index (χ1v) is 7.20.